The van der Waals surface area contributed by atoms with Gasteiger partial charge in [-0.05, 0) is 18.2 Å². The first-order valence-electron chi connectivity index (χ1n) is 9.87. The fourth-order valence-electron chi connectivity index (χ4n) is 3.74. The van der Waals surface area contributed by atoms with E-state index in [2.05, 4.69) is 10.3 Å². The Labute approximate surface area is 185 Å². The topological polar surface area (TPSA) is 130 Å². The zero-order valence-corrected chi connectivity index (χ0v) is 17.3. The third kappa shape index (κ3) is 3.53. The van der Waals surface area contributed by atoms with E-state index in [0.29, 0.717) is 22.6 Å². The Bertz CT molecular complexity index is 1640. The number of hydrogen-bond donors (Lipinski definition) is 1. The van der Waals surface area contributed by atoms with Gasteiger partial charge in [0, 0.05) is 29.0 Å². The van der Waals surface area contributed by atoms with Crippen molar-refractivity contribution >= 4 is 50.1 Å². The van der Waals surface area contributed by atoms with E-state index in [9.17, 15) is 19.7 Å². The number of methoxy groups -OCH3 is 1. The Kier molecular flexibility index (Phi) is 4.74. The number of benzene rings is 3. The summed E-state index contributed by atoms with van der Waals surface area (Å²) in [4.78, 5) is 39.9. The van der Waals surface area contributed by atoms with Crippen LogP contribution in [0.1, 0.15) is 0 Å². The van der Waals surface area contributed by atoms with E-state index in [4.69, 9.17) is 9.15 Å². The van der Waals surface area contributed by atoms with Gasteiger partial charge in [0.05, 0.1) is 35.0 Å². The van der Waals surface area contributed by atoms with Crippen molar-refractivity contribution in [1.29, 1.82) is 0 Å². The number of para-hydroxylation sites is 1. The molecule has 1 amide bonds. The molecule has 0 aliphatic carbocycles. The Hall–Kier alpha value is -4.73. The quantitative estimate of drug-likeness (QED) is 0.322. The minimum absolute atomic E-state index is 0.169. The van der Waals surface area contributed by atoms with E-state index in [1.165, 1.54) is 31.6 Å². The number of nitro groups is 1. The Balaban J connectivity index is 1.45. The van der Waals surface area contributed by atoms with Crippen LogP contribution in [0.5, 0.6) is 5.75 Å². The maximum atomic E-state index is 12.7. The second kappa shape index (κ2) is 7.75. The van der Waals surface area contributed by atoms with Crippen LogP contribution in [0.2, 0.25) is 0 Å². The number of nitrogens with zero attached hydrogens (tertiary/aromatic N) is 3. The van der Waals surface area contributed by atoms with Gasteiger partial charge in [0.2, 0.25) is 5.91 Å². The van der Waals surface area contributed by atoms with Crippen molar-refractivity contribution in [2.45, 2.75) is 6.54 Å². The molecule has 1 N–H and O–H groups in total. The highest BCUT2D eigenvalue weighted by molar-refractivity contribution is 6.07. The van der Waals surface area contributed by atoms with E-state index in [0.717, 1.165) is 15.3 Å². The number of aromatic nitrogens is 2. The smallest absolute Gasteiger partial charge is 0.271 e. The van der Waals surface area contributed by atoms with Gasteiger partial charge < -0.3 is 14.5 Å². The number of carbonyl (C=O) groups is 1. The number of hydrogen-bond acceptors (Lipinski definition) is 7. The molecule has 0 bridgehead atoms. The summed E-state index contributed by atoms with van der Waals surface area (Å²) < 4.78 is 12.4. The molecule has 10 nitrogen and oxygen atoms in total. The van der Waals surface area contributed by atoms with Crippen LogP contribution in [0.25, 0.3) is 32.8 Å². The summed E-state index contributed by atoms with van der Waals surface area (Å²) in [6.45, 7) is -0.305. The Morgan fingerprint density at radius 3 is 2.73 bits per heavy atom. The van der Waals surface area contributed by atoms with E-state index < -0.39 is 16.4 Å². The molecule has 0 fully saturated rings. The van der Waals surface area contributed by atoms with Gasteiger partial charge in [-0.3, -0.25) is 24.3 Å². The van der Waals surface area contributed by atoms with Gasteiger partial charge in [0.25, 0.3) is 11.2 Å². The molecule has 0 aliphatic rings. The van der Waals surface area contributed by atoms with E-state index >= 15 is 0 Å². The van der Waals surface area contributed by atoms with E-state index in [-0.39, 0.29) is 23.1 Å². The Morgan fingerprint density at radius 1 is 1.12 bits per heavy atom. The molecule has 164 valence electrons. The molecular formula is C23H16N4O6. The van der Waals surface area contributed by atoms with Crippen LogP contribution in [0.3, 0.4) is 0 Å². The van der Waals surface area contributed by atoms with E-state index in [1.807, 2.05) is 24.3 Å². The number of rotatable bonds is 5. The molecule has 3 aromatic carbocycles. The lowest BCUT2D eigenvalue weighted by atomic mass is 10.1. The standard InChI is InChI=1S/C23H16N4O6/c1-32-21-9-16-14-4-2-3-5-19(14)33-20(16)10-18(21)25-22(28)11-26-12-24-17-8-13(27(30)31)6-7-15(17)23(26)29/h2-10,12H,11H2,1H3,(H,25,28). The molecular weight excluding hydrogens is 428 g/mol. The number of fused-ring (bicyclic) bond motifs is 4. The Morgan fingerprint density at radius 2 is 1.94 bits per heavy atom. The number of anilines is 1. The highest BCUT2D eigenvalue weighted by Gasteiger charge is 2.16. The number of nitrogens with one attached hydrogen (secondary N) is 1. The number of ether oxygens (including phenoxy) is 1. The lowest BCUT2D eigenvalue weighted by molar-refractivity contribution is -0.384. The molecule has 0 saturated carbocycles. The van der Waals surface area contributed by atoms with Crippen LogP contribution < -0.4 is 15.6 Å². The lowest BCUT2D eigenvalue weighted by Crippen LogP contribution is -2.28. The summed E-state index contributed by atoms with van der Waals surface area (Å²) in [5.41, 5.74) is 1.22. The second-order valence-electron chi connectivity index (χ2n) is 7.33. The SMILES string of the molecule is COc1cc2c(cc1NC(=O)Cn1cnc3cc([N+](=O)[O-])ccc3c1=O)oc1ccccc12. The van der Waals surface area contributed by atoms with Gasteiger partial charge in [0.15, 0.2) is 0 Å². The molecule has 10 heteroatoms. The first-order chi connectivity index (χ1) is 15.9. The summed E-state index contributed by atoms with van der Waals surface area (Å²) in [5, 5.41) is 15.6. The predicted molar refractivity (Wildman–Crippen MR) is 122 cm³/mol. The normalized spacial score (nSPS) is 11.2. The fraction of sp³-hybridized carbons (Fsp3) is 0.0870. The van der Waals surface area contributed by atoms with Crippen molar-refractivity contribution < 1.29 is 18.9 Å². The van der Waals surface area contributed by atoms with Crippen molar-refractivity contribution in [3.63, 3.8) is 0 Å². The van der Waals surface area contributed by atoms with Crippen LogP contribution >= 0.6 is 0 Å². The molecule has 33 heavy (non-hydrogen) atoms. The first-order valence-corrected chi connectivity index (χ1v) is 9.87. The summed E-state index contributed by atoms with van der Waals surface area (Å²) in [7, 11) is 1.50. The lowest BCUT2D eigenvalue weighted by Gasteiger charge is -2.11. The fourth-order valence-corrected chi connectivity index (χ4v) is 3.74. The minimum atomic E-state index is -0.563. The second-order valence-corrected chi connectivity index (χ2v) is 7.33. The van der Waals surface area contributed by atoms with Crippen molar-refractivity contribution in [3.05, 3.63) is 81.4 Å². The number of carbonyl (C=O) groups excluding carboxylic acids is 1. The van der Waals surface area contributed by atoms with Crippen molar-refractivity contribution in [1.82, 2.24) is 9.55 Å². The summed E-state index contributed by atoms with van der Waals surface area (Å²) in [6.07, 6.45) is 1.19. The van der Waals surface area contributed by atoms with Crippen LogP contribution in [-0.4, -0.2) is 27.5 Å². The number of non-ortho nitro benzene ring substituents is 1. The van der Waals surface area contributed by atoms with Crippen molar-refractivity contribution in [2.75, 3.05) is 12.4 Å². The largest absolute Gasteiger partial charge is 0.495 e. The highest BCUT2D eigenvalue weighted by Crippen LogP contribution is 2.36. The average molecular weight is 444 g/mol. The van der Waals surface area contributed by atoms with Crippen LogP contribution in [0.4, 0.5) is 11.4 Å². The molecule has 0 saturated heterocycles. The number of amides is 1. The van der Waals surface area contributed by atoms with Gasteiger partial charge >= 0.3 is 0 Å². The van der Waals surface area contributed by atoms with Crippen molar-refractivity contribution in [3.8, 4) is 5.75 Å². The number of furan rings is 1. The van der Waals surface area contributed by atoms with Gasteiger partial charge in [-0.2, -0.15) is 0 Å². The summed E-state index contributed by atoms with van der Waals surface area (Å²) in [5.74, 6) is -0.0346. The van der Waals surface area contributed by atoms with Gasteiger partial charge in [0.1, 0.15) is 23.5 Å². The maximum Gasteiger partial charge on any atom is 0.271 e. The maximum absolute atomic E-state index is 12.7. The molecule has 0 spiro atoms. The van der Waals surface area contributed by atoms with Crippen molar-refractivity contribution in [2.24, 2.45) is 0 Å². The molecule has 2 aromatic heterocycles. The molecule has 5 aromatic rings. The zero-order chi connectivity index (χ0) is 23.1. The summed E-state index contributed by atoms with van der Waals surface area (Å²) >= 11 is 0. The molecule has 0 unspecified atom stereocenters. The molecule has 5 rings (SSSR count). The highest BCUT2D eigenvalue weighted by atomic mass is 16.6. The van der Waals surface area contributed by atoms with Crippen LogP contribution in [-0.2, 0) is 11.3 Å². The summed E-state index contributed by atoms with van der Waals surface area (Å²) in [6, 6.07) is 14.8. The van der Waals surface area contributed by atoms with Gasteiger partial charge in [-0.1, -0.05) is 18.2 Å². The third-order valence-electron chi connectivity index (χ3n) is 5.31. The molecule has 0 atom stereocenters. The van der Waals surface area contributed by atoms with E-state index in [1.54, 1.807) is 12.1 Å². The molecule has 2 heterocycles. The molecule has 0 aliphatic heterocycles. The zero-order valence-electron chi connectivity index (χ0n) is 17.3. The number of nitro benzene ring substituents is 1. The van der Waals surface area contributed by atoms with Gasteiger partial charge in [-0.15, -0.1) is 0 Å². The third-order valence-corrected chi connectivity index (χ3v) is 5.31. The predicted octanol–water partition coefficient (Wildman–Crippen LogP) is 3.85. The molecule has 0 radical (unpaired) electrons. The van der Waals surface area contributed by atoms with Gasteiger partial charge in [-0.25, -0.2) is 4.98 Å². The van der Waals surface area contributed by atoms with Crippen LogP contribution in [0, 0.1) is 10.1 Å². The monoisotopic (exact) mass is 444 g/mol. The first kappa shape index (κ1) is 20.2. The average Bonchev–Trinajstić information content (AvgIpc) is 3.17. The minimum Gasteiger partial charge on any atom is -0.495 e. The van der Waals surface area contributed by atoms with Crippen LogP contribution in [0.15, 0.2) is 70.1 Å².